The van der Waals surface area contributed by atoms with Crippen LogP contribution in [0.1, 0.15) is 32.9 Å². The molecule has 0 aliphatic carbocycles. The van der Waals surface area contributed by atoms with E-state index < -0.39 is 6.10 Å². The molecule has 1 aromatic carbocycles. The SMILES string of the molecule is Cc1ncoc1COc1ccc2c(c1)CCN(C[C@@H](O)CNC(=O)c1ccnc(Nc3cccnc3)c1)C2. The molecule has 1 aliphatic heterocycles. The number of aromatic nitrogens is 3. The maximum atomic E-state index is 12.7. The van der Waals surface area contributed by atoms with E-state index in [9.17, 15) is 9.90 Å². The minimum atomic E-state index is -0.692. The number of anilines is 2. The van der Waals surface area contributed by atoms with Crippen LogP contribution in [0.25, 0.3) is 0 Å². The first kappa shape index (κ1) is 25.4. The number of ether oxygens (including phenoxy) is 1. The summed E-state index contributed by atoms with van der Waals surface area (Å²) in [6, 6.07) is 13.1. The molecule has 0 unspecified atom stereocenters. The van der Waals surface area contributed by atoms with Crippen molar-refractivity contribution in [3.05, 3.63) is 95.6 Å². The zero-order valence-electron chi connectivity index (χ0n) is 21.1. The zero-order chi connectivity index (χ0) is 26.3. The molecule has 0 spiro atoms. The highest BCUT2D eigenvalue weighted by atomic mass is 16.5. The molecule has 0 saturated carbocycles. The van der Waals surface area contributed by atoms with E-state index in [1.54, 1.807) is 30.7 Å². The van der Waals surface area contributed by atoms with Crippen molar-refractivity contribution < 1.29 is 19.1 Å². The quantitative estimate of drug-likeness (QED) is 0.292. The first-order chi connectivity index (χ1) is 18.5. The molecule has 5 rings (SSSR count). The molecule has 1 aliphatic rings. The van der Waals surface area contributed by atoms with Crippen LogP contribution in [0, 0.1) is 6.92 Å². The lowest BCUT2D eigenvalue weighted by Gasteiger charge is -2.30. The maximum absolute atomic E-state index is 12.7. The van der Waals surface area contributed by atoms with Crippen LogP contribution >= 0.6 is 0 Å². The molecule has 0 fully saturated rings. The van der Waals surface area contributed by atoms with Gasteiger partial charge in [0, 0.05) is 44.1 Å². The molecule has 4 aromatic rings. The monoisotopic (exact) mass is 514 g/mol. The van der Waals surface area contributed by atoms with Gasteiger partial charge < -0.3 is 24.9 Å². The number of pyridine rings is 2. The van der Waals surface area contributed by atoms with Crippen LogP contribution in [0.2, 0.25) is 0 Å². The van der Waals surface area contributed by atoms with E-state index >= 15 is 0 Å². The fraction of sp³-hybridized carbons (Fsp3) is 0.286. The number of fused-ring (bicyclic) bond motifs is 1. The van der Waals surface area contributed by atoms with Gasteiger partial charge in [0.05, 0.1) is 23.7 Å². The van der Waals surface area contributed by atoms with Gasteiger partial charge >= 0.3 is 0 Å². The van der Waals surface area contributed by atoms with Crippen molar-refractivity contribution in [1.29, 1.82) is 0 Å². The van der Waals surface area contributed by atoms with E-state index in [0.29, 0.717) is 24.5 Å². The number of benzene rings is 1. The number of hydrogen-bond acceptors (Lipinski definition) is 9. The van der Waals surface area contributed by atoms with E-state index in [4.69, 9.17) is 9.15 Å². The summed E-state index contributed by atoms with van der Waals surface area (Å²) in [5, 5.41) is 16.5. The van der Waals surface area contributed by atoms with Crippen molar-refractivity contribution in [2.24, 2.45) is 0 Å². The number of aryl methyl sites for hydroxylation is 1. The minimum absolute atomic E-state index is 0.156. The van der Waals surface area contributed by atoms with E-state index in [-0.39, 0.29) is 12.5 Å². The lowest BCUT2D eigenvalue weighted by Crippen LogP contribution is -2.42. The number of β-amino-alcohol motifs (C(OH)–C–C–N with tert-alkyl or cyclic N) is 1. The number of rotatable bonds is 10. The third kappa shape index (κ3) is 6.53. The standard InChI is InChI=1S/C28H30N6O4/c1-19-26(38-18-32-19)17-37-25-5-4-22-15-34(10-7-20(22)11-25)16-24(35)14-31-28(36)21-6-9-30-27(12-21)33-23-3-2-8-29-13-23/h2-6,8-9,11-13,18,24,35H,7,10,14-17H2,1H3,(H,30,33)(H,31,36)/t24-/m0/s1. The van der Waals surface area contributed by atoms with E-state index in [0.717, 1.165) is 42.4 Å². The van der Waals surface area contributed by atoms with E-state index in [2.05, 4.69) is 42.6 Å². The summed E-state index contributed by atoms with van der Waals surface area (Å²) >= 11 is 0. The molecule has 0 radical (unpaired) electrons. The number of oxazole rings is 1. The lowest BCUT2D eigenvalue weighted by molar-refractivity contribution is 0.0841. The van der Waals surface area contributed by atoms with Gasteiger partial charge in [-0.25, -0.2) is 9.97 Å². The van der Waals surface area contributed by atoms with Crippen molar-refractivity contribution >= 4 is 17.4 Å². The van der Waals surface area contributed by atoms with Gasteiger partial charge in [0.1, 0.15) is 18.2 Å². The van der Waals surface area contributed by atoms with Crippen molar-refractivity contribution in [1.82, 2.24) is 25.2 Å². The van der Waals surface area contributed by atoms with Crippen LogP contribution in [0.4, 0.5) is 11.5 Å². The van der Waals surface area contributed by atoms with Gasteiger partial charge in [-0.2, -0.15) is 0 Å². The largest absolute Gasteiger partial charge is 0.486 e. The van der Waals surface area contributed by atoms with Gasteiger partial charge in [0.25, 0.3) is 5.91 Å². The molecular formula is C28H30N6O4. The highest BCUT2D eigenvalue weighted by molar-refractivity contribution is 5.94. The predicted octanol–water partition coefficient (Wildman–Crippen LogP) is 3.24. The fourth-order valence-corrected chi connectivity index (χ4v) is 4.35. The van der Waals surface area contributed by atoms with Gasteiger partial charge in [0.2, 0.25) is 0 Å². The van der Waals surface area contributed by atoms with Gasteiger partial charge in [-0.15, -0.1) is 0 Å². The van der Waals surface area contributed by atoms with Crippen LogP contribution in [0.15, 0.2) is 71.9 Å². The summed E-state index contributed by atoms with van der Waals surface area (Å²) in [5.74, 6) is 1.80. The van der Waals surface area contributed by atoms with Gasteiger partial charge in [0.15, 0.2) is 12.2 Å². The van der Waals surface area contributed by atoms with Crippen molar-refractivity contribution in [2.45, 2.75) is 32.6 Å². The Kier molecular flexibility index (Phi) is 7.91. The number of nitrogens with one attached hydrogen (secondary N) is 2. The first-order valence-electron chi connectivity index (χ1n) is 12.5. The number of aliphatic hydroxyl groups is 1. The topological polar surface area (TPSA) is 126 Å². The zero-order valence-corrected chi connectivity index (χ0v) is 21.1. The predicted molar refractivity (Wildman–Crippen MR) is 141 cm³/mol. The summed E-state index contributed by atoms with van der Waals surface area (Å²) in [5.41, 5.74) is 4.52. The van der Waals surface area contributed by atoms with Crippen LogP contribution in [0.5, 0.6) is 5.75 Å². The Hall–Kier alpha value is -4.28. The Bertz CT molecular complexity index is 1380. The Labute approximate surface area is 220 Å². The molecule has 3 aromatic heterocycles. The molecule has 3 N–H and O–H groups in total. The third-order valence-corrected chi connectivity index (χ3v) is 6.41. The highest BCUT2D eigenvalue weighted by Crippen LogP contribution is 2.25. The van der Waals surface area contributed by atoms with Gasteiger partial charge in [-0.05, 0) is 60.9 Å². The Morgan fingerprint density at radius 2 is 2.11 bits per heavy atom. The molecule has 0 saturated heterocycles. The van der Waals surface area contributed by atoms with E-state index in [1.807, 2.05) is 25.1 Å². The Morgan fingerprint density at radius 1 is 1.18 bits per heavy atom. The third-order valence-electron chi connectivity index (χ3n) is 6.41. The first-order valence-corrected chi connectivity index (χ1v) is 12.5. The summed E-state index contributed by atoms with van der Waals surface area (Å²) in [6.45, 7) is 4.40. The smallest absolute Gasteiger partial charge is 0.251 e. The number of carbonyl (C=O) groups excluding carboxylic acids is 1. The number of nitrogens with zero attached hydrogens (tertiary/aromatic N) is 4. The molecule has 1 atom stereocenters. The fourth-order valence-electron chi connectivity index (χ4n) is 4.35. The van der Waals surface area contributed by atoms with Gasteiger partial charge in [-0.3, -0.25) is 14.7 Å². The van der Waals surface area contributed by atoms with Crippen LogP contribution in [-0.2, 0) is 19.6 Å². The molecule has 1 amide bonds. The van der Waals surface area contributed by atoms with Gasteiger partial charge in [-0.1, -0.05) is 6.07 Å². The normalized spacial score (nSPS) is 13.9. The second kappa shape index (κ2) is 11.8. The average molecular weight is 515 g/mol. The van der Waals surface area contributed by atoms with E-state index in [1.165, 1.54) is 17.5 Å². The highest BCUT2D eigenvalue weighted by Gasteiger charge is 2.20. The Balaban J connectivity index is 1.09. The summed E-state index contributed by atoms with van der Waals surface area (Å²) in [4.78, 5) is 27.2. The van der Waals surface area contributed by atoms with Crippen molar-refractivity contribution in [2.75, 3.05) is 25.0 Å². The second-order valence-electron chi connectivity index (χ2n) is 9.23. The van der Waals surface area contributed by atoms with Crippen LogP contribution < -0.4 is 15.4 Å². The summed E-state index contributed by atoms with van der Waals surface area (Å²) < 4.78 is 11.2. The molecular weight excluding hydrogens is 484 g/mol. The second-order valence-corrected chi connectivity index (χ2v) is 9.23. The molecule has 196 valence electrons. The average Bonchev–Trinajstić information content (AvgIpc) is 3.35. The van der Waals surface area contributed by atoms with Crippen molar-refractivity contribution in [3.63, 3.8) is 0 Å². The van der Waals surface area contributed by atoms with Crippen molar-refractivity contribution in [3.8, 4) is 5.75 Å². The Morgan fingerprint density at radius 3 is 2.92 bits per heavy atom. The molecule has 0 bridgehead atoms. The minimum Gasteiger partial charge on any atom is -0.486 e. The number of carbonyl (C=O) groups is 1. The number of hydrogen-bond donors (Lipinski definition) is 3. The molecule has 4 heterocycles. The summed E-state index contributed by atoms with van der Waals surface area (Å²) in [6.07, 6.45) is 6.52. The maximum Gasteiger partial charge on any atom is 0.251 e. The molecule has 10 heteroatoms. The molecule has 38 heavy (non-hydrogen) atoms. The van der Waals surface area contributed by atoms with Crippen LogP contribution in [0.3, 0.4) is 0 Å². The summed E-state index contributed by atoms with van der Waals surface area (Å²) in [7, 11) is 0. The number of aliphatic hydroxyl groups excluding tert-OH is 1. The number of amides is 1. The molecule has 10 nitrogen and oxygen atoms in total. The van der Waals surface area contributed by atoms with Crippen LogP contribution in [-0.4, -0.2) is 56.6 Å². The lowest BCUT2D eigenvalue weighted by atomic mass is 9.99.